The van der Waals surface area contributed by atoms with Gasteiger partial charge in [0, 0.05) is 28.8 Å². The number of hydrogen-bond acceptors (Lipinski definition) is 8. The second-order valence-corrected chi connectivity index (χ2v) is 8.79. The number of carboxylic acids is 1. The van der Waals surface area contributed by atoms with Gasteiger partial charge in [0.05, 0.1) is 25.0 Å². The Morgan fingerprint density at radius 1 is 0.846 bits per heavy atom. The first-order valence-electron chi connectivity index (χ1n) is 11.8. The van der Waals surface area contributed by atoms with Crippen molar-refractivity contribution in [2.24, 2.45) is 0 Å². The summed E-state index contributed by atoms with van der Waals surface area (Å²) in [5, 5.41) is 30.5. The third kappa shape index (κ3) is 4.85. The number of ether oxygens (including phenoxy) is 1. The average molecular weight is 526 g/mol. The second-order valence-electron chi connectivity index (χ2n) is 8.79. The van der Waals surface area contributed by atoms with Crippen molar-refractivity contribution in [2.45, 2.75) is 12.3 Å². The van der Waals surface area contributed by atoms with Crippen LogP contribution in [0.4, 0.5) is 0 Å². The lowest BCUT2D eigenvalue weighted by molar-refractivity contribution is -0.140. The van der Waals surface area contributed by atoms with Crippen molar-refractivity contribution in [3.8, 4) is 34.1 Å². The molecule has 9 heteroatoms. The Balaban J connectivity index is 1.70. The van der Waals surface area contributed by atoms with Crippen molar-refractivity contribution in [1.82, 2.24) is 0 Å². The molecular weight excluding hydrogens is 504 g/mol. The zero-order chi connectivity index (χ0) is 27.7. The van der Waals surface area contributed by atoms with Crippen LogP contribution in [0.15, 0.2) is 92.5 Å². The topological polar surface area (TPSA) is 147 Å². The van der Waals surface area contributed by atoms with Crippen LogP contribution < -0.4 is 5.43 Å². The number of furan rings is 1. The quantitative estimate of drug-likeness (QED) is 0.233. The van der Waals surface area contributed by atoms with E-state index < -0.39 is 34.8 Å². The molecule has 5 rings (SSSR count). The fourth-order valence-electron chi connectivity index (χ4n) is 4.47. The number of phenolic OH excluding ortho intramolecular Hbond substituents is 2. The van der Waals surface area contributed by atoms with E-state index in [0.717, 1.165) is 6.07 Å². The highest BCUT2D eigenvalue weighted by atomic mass is 16.5. The number of carbonyl (C=O) groups excluding carboxylic acids is 1. The summed E-state index contributed by atoms with van der Waals surface area (Å²) in [6.45, 7) is 0. The Bertz CT molecular complexity index is 1750. The standard InChI is InChI=1S/C30H22O9/c1-37-26(34)13-19(24-12-11-23(38-24)17-7-9-18(10-8-17)30(35)36)27-20(31)14-21(32)28-22(33)15-25(39-29(27)28)16-5-3-2-4-6-16/h2-12,14-15,19,31-32H,13H2,1H3,(H,35,36)/t19-/m1/s1. The molecule has 0 aliphatic heterocycles. The van der Waals surface area contributed by atoms with Crippen LogP contribution in [-0.4, -0.2) is 34.4 Å². The van der Waals surface area contributed by atoms with Crippen LogP contribution in [0.5, 0.6) is 11.5 Å². The molecule has 3 aromatic carbocycles. The molecule has 5 aromatic rings. The number of methoxy groups -OCH3 is 1. The first kappa shape index (κ1) is 25.3. The molecule has 0 radical (unpaired) electrons. The van der Waals surface area contributed by atoms with Gasteiger partial charge in [0.2, 0.25) is 0 Å². The molecule has 0 fully saturated rings. The first-order chi connectivity index (χ1) is 18.8. The van der Waals surface area contributed by atoms with Gasteiger partial charge in [-0.05, 0) is 24.3 Å². The molecule has 9 nitrogen and oxygen atoms in total. The molecule has 0 saturated carbocycles. The van der Waals surface area contributed by atoms with E-state index in [1.165, 1.54) is 25.3 Å². The number of rotatable bonds is 7. The van der Waals surface area contributed by atoms with Gasteiger partial charge in [-0.15, -0.1) is 0 Å². The summed E-state index contributed by atoms with van der Waals surface area (Å²) in [6.07, 6.45) is -0.284. The van der Waals surface area contributed by atoms with Crippen LogP contribution in [0.25, 0.3) is 33.6 Å². The minimum Gasteiger partial charge on any atom is -0.507 e. The molecule has 1 atom stereocenters. The van der Waals surface area contributed by atoms with Gasteiger partial charge in [-0.1, -0.05) is 42.5 Å². The molecule has 3 N–H and O–H groups in total. The maximum Gasteiger partial charge on any atom is 0.335 e. The van der Waals surface area contributed by atoms with Crippen LogP contribution >= 0.6 is 0 Å². The van der Waals surface area contributed by atoms with E-state index in [1.54, 1.807) is 48.5 Å². The van der Waals surface area contributed by atoms with Crippen LogP contribution in [0.3, 0.4) is 0 Å². The maximum atomic E-state index is 13.1. The molecule has 0 bridgehead atoms. The summed E-state index contributed by atoms with van der Waals surface area (Å²) >= 11 is 0. The third-order valence-corrected chi connectivity index (χ3v) is 6.39. The van der Waals surface area contributed by atoms with E-state index in [4.69, 9.17) is 18.7 Å². The molecule has 39 heavy (non-hydrogen) atoms. The average Bonchev–Trinajstić information content (AvgIpc) is 3.42. The lowest BCUT2D eigenvalue weighted by Gasteiger charge is -2.18. The van der Waals surface area contributed by atoms with Crippen molar-refractivity contribution in [2.75, 3.05) is 7.11 Å². The number of hydrogen-bond donors (Lipinski definition) is 3. The van der Waals surface area contributed by atoms with E-state index in [2.05, 4.69) is 0 Å². The molecule has 0 spiro atoms. The second kappa shape index (κ2) is 10.2. The Morgan fingerprint density at radius 3 is 2.21 bits per heavy atom. The fourth-order valence-corrected chi connectivity index (χ4v) is 4.47. The largest absolute Gasteiger partial charge is 0.507 e. The number of fused-ring (bicyclic) bond motifs is 1. The zero-order valence-corrected chi connectivity index (χ0v) is 20.6. The molecule has 0 amide bonds. The molecule has 0 aliphatic carbocycles. The molecule has 0 unspecified atom stereocenters. The summed E-state index contributed by atoms with van der Waals surface area (Å²) < 4.78 is 17.0. The summed E-state index contributed by atoms with van der Waals surface area (Å²) in [6, 6.07) is 20.4. The number of carboxylic acid groups (broad SMARTS) is 1. The number of aromatic carboxylic acids is 1. The van der Waals surface area contributed by atoms with Gasteiger partial charge in [-0.25, -0.2) is 4.79 Å². The number of carbonyl (C=O) groups is 2. The third-order valence-electron chi connectivity index (χ3n) is 6.39. The minimum absolute atomic E-state index is 0.0604. The van der Waals surface area contributed by atoms with Crippen molar-refractivity contribution in [3.63, 3.8) is 0 Å². The molecule has 0 saturated heterocycles. The number of aromatic hydroxyl groups is 2. The van der Waals surface area contributed by atoms with Gasteiger partial charge in [0.1, 0.15) is 39.7 Å². The van der Waals surface area contributed by atoms with Crippen LogP contribution in [0.1, 0.15) is 34.0 Å². The highest BCUT2D eigenvalue weighted by Gasteiger charge is 2.30. The van der Waals surface area contributed by atoms with Gasteiger partial charge in [-0.2, -0.15) is 0 Å². The molecule has 0 aliphatic rings. The van der Waals surface area contributed by atoms with Crippen molar-refractivity contribution in [3.05, 3.63) is 106 Å². The Hall–Kier alpha value is -5.31. The van der Waals surface area contributed by atoms with Crippen molar-refractivity contribution >= 4 is 22.9 Å². The highest BCUT2D eigenvalue weighted by Crippen LogP contribution is 2.44. The number of esters is 1. The van der Waals surface area contributed by atoms with Gasteiger partial charge in [0.25, 0.3) is 0 Å². The van der Waals surface area contributed by atoms with Gasteiger partial charge >= 0.3 is 11.9 Å². The van der Waals surface area contributed by atoms with Gasteiger partial charge < -0.3 is 28.9 Å². The maximum absolute atomic E-state index is 13.1. The predicted octanol–water partition coefficient (Wildman–Crippen LogP) is 5.52. The highest BCUT2D eigenvalue weighted by molar-refractivity contribution is 5.91. The van der Waals surface area contributed by atoms with Gasteiger partial charge in [0.15, 0.2) is 5.43 Å². The zero-order valence-electron chi connectivity index (χ0n) is 20.6. The Labute approximate surface area is 221 Å². The van der Waals surface area contributed by atoms with E-state index in [0.29, 0.717) is 16.9 Å². The SMILES string of the molecule is COC(=O)C[C@H](c1ccc(-c2ccc(C(=O)O)cc2)o1)c1c(O)cc(O)c2c(=O)cc(-c3ccccc3)oc12. The van der Waals surface area contributed by atoms with Crippen molar-refractivity contribution in [1.29, 1.82) is 0 Å². The first-order valence-corrected chi connectivity index (χ1v) is 11.8. The Kier molecular flexibility index (Phi) is 6.64. The lowest BCUT2D eigenvalue weighted by Crippen LogP contribution is -2.12. The smallest absolute Gasteiger partial charge is 0.335 e. The minimum atomic E-state index is -1.06. The molecule has 2 heterocycles. The van der Waals surface area contributed by atoms with Crippen LogP contribution in [0.2, 0.25) is 0 Å². The number of benzene rings is 3. The van der Waals surface area contributed by atoms with E-state index in [9.17, 15) is 24.6 Å². The lowest BCUT2D eigenvalue weighted by atomic mass is 9.90. The summed E-state index contributed by atoms with van der Waals surface area (Å²) in [5.74, 6) is -2.71. The van der Waals surface area contributed by atoms with Gasteiger partial charge in [-0.3, -0.25) is 9.59 Å². The summed E-state index contributed by atoms with van der Waals surface area (Å²) in [4.78, 5) is 36.8. The summed E-state index contributed by atoms with van der Waals surface area (Å²) in [7, 11) is 1.22. The van der Waals surface area contributed by atoms with E-state index >= 15 is 0 Å². The summed E-state index contributed by atoms with van der Waals surface area (Å²) in [5.41, 5.74) is 0.713. The Morgan fingerprint density at radius 2 is 1.54 bits per heavy atom. The predicted molar refractivity (Wildman–Crippen MR) is 141 cm³/mol. The monoisotopic (exact) mass is 526 g/mol. The fraction of sp³-hybridized carbons (Fsp3) is 0.100. The van der Waals surface area contributed by atoms with Crippen LogP contribution in [0, 0.1) is 0 Å². The van der Waals surface area contributed by atoms with Crippen molar-refractivity contribution < 1.29 is 38.5 Å². The molecule has 196 valence electrons. The van der Waals surface area contributed by atoms with E-state index in [-0.39, 0.29) is 40.0 Å². The molecule has 2 aromatic heterocycles. The number of phenols is 2. The molecular formula is C30H22O9. The van der Waals surface area contributed by atoms with E-state index in [1.807, 2.05) is 6.07 Å². The van der Waals surface area contributed by atoms with Crippen LogP contribution in [-0.2, 0) is 9.53 Å². The normalized spacial score (nSPS) is 11.8.